The molecule has 0 aromatic carbocycles. The average molecular weight is 229 g/mol. The summed E-state index contributed by atoms with van der Waals surface area (Å²) in [5.74, 6) is 3.65. The smallest absolute Gasteiger partial charge is 0.0148 e. The molecule has 68 valence electrons. The number of terminal acetylenes is 1. The van der Waals surface area contributed by atoms with Crippen molar-refractivity contribution >= 4 is 15.9 Å². The second-order valence-corrected chi connectivity index (χ2v) is 5.02. The summed E-state index contributed by atoms with van der Waals surface area (Å²) in [6, 6.07) is 0. The summed E-state index contributed by atoms with van der Waals surface area (Å²) in [5, 5.41) is 0. The van der Waals surface area contributed by atoms with Crippen molar-refractivity contribution in [3.8, 4) is 12.3 Å². The lowest BCUT2D eigenvalue weighted by atomic mass is 9.86. The van der Waals surface area contributed by atoms with Gasteiger partial charge in [-0.05, 0) is 31.6 Å². The van der Waals surface area contributed by atoms with E-state index >= 15 is 0 Å². The number of hydrogen-bond donors (Lipinski definition) is 0. The third-order valence-corrected chi connectivity index (χ3v) is 3.48. The fourth-order valence-electron chi connectivity index (χ4n) is 1.98. The molecule has 0 radical (unpaired) electrons. The van der Waals surface area contributed by atoms with Gasteiger partial charge < -0.3 is 0 Å². The molecular formula is C11H17Br. The standard InChI is InChI=1S/C11H17Br/c1-2-3-4-6-10-7-5-8-11(12)9-10/h1,10-11H,3-9H2. The summed E-state index contributed by atoms with van der Waals surface area (Å²) in [7, 11) is 0. The van der Waals surface area contributed by atoms with Gasteiger partial charge in [0, 0.05) is 11.2 Å². The van der Waals surface area contributed by atoms with Gasteiger partial charge in [0.2, 0.25) is 0 Å². The minimum Gasteiger partial charge on any atom is -0.120 e. The van der Waals surface area contributed by atoms with E-state index in [-0.39, 0.29) is 0 Å². The Bertz CT molecular complexity index is 157. The maximum atomic E-state index is 5.21. The summed E-state index contributed by atoms with van der Waals surface area (Å²) < 4.78 is 0. The van der Waals surface area contributed by atoms with Crippen LogP contribution >= 0.6 is 15.9 Å². The molecule has 0 aromatic rings. The first kappa shape index (κ1) is 10.1. The van der Waals surface area contributed by atoms with Crippen molar-refractivity contribution in [2.75, 3.05) is 0 Å². The highest BCUT2D eigenvalue weighted by Gasteiger charge is 2.18. The van der Waals surface area contributed by atoms with Crippen molar-refractivity contribution in [1.29, 1.82) is 0 Å². The lowest BCUT2D eigenvalue weighted by Gasteiger charge is -2.25. The largest absolute Gasteiger partial charge is 0.120 e. The number of halogens is 1. The monoisotopic (exact) mass is 228 g/mol. The zero-order valence-corrected chi connectivity index (χ0v) is 9.15. The molecule has 0 bridgehead atoms. The van der Waals surface area contributed by atoms with Gasteiger partial charge in [-0.1, -0.05) is 28.8 Å². The Hall–Kier alpha value is 0.0400. The van der Waals surface area contributed by atoms with Crippen LogP contribution < -0.4 is 0 Å². The minimum atomic E-state index is 0.780. The highest BCUT2D eigenvalue weighted by molar-refractivity contribution is 9.09. The summed E-state index contributed by atoms with van der Waals surface area (Å²) >= 11 is 3.70. The second kappa shape index (κ2) is 5.65. The first-order valence-corrected chi connectivity index (χ1v) is 5.82. The van der Waals surface area contributed by atoms with E-state index in [1.807, 2.05) is 0 Å². The molecule has 0 aromatic heterocycles. The van der Waals surface area contributed by atoms with Crippen LogP contribution in [0.4, 0.5) is 0 Å². The number of hydrogen-bond acceptors (Lipinski definition) is 0. The van der Waals surface area contributed by atoms with E-state index in [1.165, 1.54) is 38.5 Å². The van der Waals surface area contributed by atoms with Gasteiger partial charge in [0.15, 0.2) is 0 Å². The van der Waals surface area contributed by atoms with Gasteiger partial charge in [0.1, 0.15) is 0 Å². The highest BCUT2D eigenvalue weighted by Crippen LogP contribution is 2.31. The van der Waals surface area contributed by atoms with E-state index in [0.717, 1.165) is 17.2 Å². The third-order valence-electron chi connectivity index (χ3n) is 2.65. The average Bonchev–Trinajstić information content (AvgIpc) is 2.05. The fourth-order valence-corrected chi connectivity index (χ4v) is 2.83. The zero-order chi connectivity index (χ0) is 8.81. The molecule has 0 N–H and O–H groups in total. The molecular weight excluding hydrogens is 212 g/mol. The second-order valence-electron chi connectivity index (χ2n) is 3.73. The Morgan fingerprint density at radius 1 is 1.42 bits per heavy atom. The maximum absolute atomic E-state index is 5.21. The summed E-state index contributed by atoms with van der Waals surface area (Å²) in [6.07, 6.45) is 14.3. The quantitative estimate of drug-likeness (QED) is 0.393. The Morgan fingerprint density at radius 3 is 2.92 bits per heavy atom. The molecule has 0 saturated heterocycles. The summed E-state index contributed by atoms with van der Waals surface area (Å²) in [5.41, 5.74) is 0. The molecule has 1 aliphatic carbocycles. The van der Waals surface area contributed by atoms with E-state index in [1.54, 1.807) is 0 Å². The Labute approximate surface area is 84.2 Å². The van der Waals surface area contributed by atoms with E-state index in [4.69, 9.17) is 6.42 Å². The molecule has 12 heavy (non-hydrogen) atoms. The van der Waals surface area contributed by atoms with Crippen LogP contribution in [0, 0.1) is 18.3 Å². The van der Waals surface area contributed by atoms with Crippen molar-refractivity contribution in [2.45, 2.75) is 49.8 Å². The zero-order valence-electron chi connectivity index (χ0n) is 7.56. The van der Waals surface area contributed by atoms with Gasteiger partial charge >= 0.3 is 0 Å². The van der Waals surface area contributed by atoms with Crippen LogP contribution in [0.5, 0.6) is 0 Å². The predicted octanol–water partition coefficient (Wildman–Crippen LogP) is 3.74. The molecule has 1 aliphatic rings. The van der Waals surface area contributed by atoms with Crippen LogP contribution in [0.15, 0.2) is 0 Å². The van der Waals surface area contributed by atoms with E-state index < -0.39 is 0 Å². The van der Waals surface area contributed by atoms with Crippen LogP contribution in [0.2, 0.25) is 0 Å². The first-order valence-electron chi connectivity index (χ1n) is 4.90. The Morgan fingerprint density at radius 2 is 2.25 bits per heavy atom. The SMILES string of the molecule is C#CCCCC1CCCC(Br)C1. The molecule has 1 heteroatoms. The molecule has 2 unspecified atom stereocenters. The number of rotatable bonds is 3. The molecule has 0 aliphatic heterocycles. The molecule has 0 spiro atoms. The Kier molecular flexibility index (Phi) is 4.76. The van der Waals surface area contributed by atoms with Gasteiger partial charge in [0.25, 0.3) is 0 Å². The topological polar surface area (TPSA) is 0 Å². The molecule has 2 atom stereocenters. The minimum absolute atomic E-state index is 0.780. The molecule has 0 amide bonds. The highest BCUT2D eigenvalue weighted by atomic mass is 79.9. The van der Waals surface area contributed by atoms with Crippen molar-refractivity contribution in [3.63, 3.8) is 0 Å². The third kappa shape index (κ3) is 3.63. The van der Waals surface area contributed by atoms with Crippen LogP contribution in [-0.4, -0.2) is 4.83 Å². The van der Waals surface area contributed by atoms with Crippen LogP contribution in [0.3, 0.4) is 0 Å². The molecule has 1 rings (SSSR count). The maximum Gasteiger partial charge on any atom is 0.0148 e. The molecule has 1 saturated carbocycles. The van der Waals surface area contributed by atoms with E-state index in [2.05, 4.69) is 21.9 Å². The molecule has 0 heterocycles. The predicted molar refractivity (Wildman–Crippen MR) is 57.4 cm³/mol. The van der Waals surface area contributed by atoms with Crippen LogP contribution in [-0.2, 0) is 0 Å². The Balaban J connectivity index is 2.11. The van der Waals surface area contributed by atoms with Gasteiger partial charge in [0.05, 0.1) is 0 Å². The van der Waals surface area contributed by atoms with Crippen molar-refractivity contribution in [3.05, 3.63) is 0 Å². The van der Waals surface area contributed by atoms with Gasteiger partial charge in [-0.15, -0.1) is 12.3 Å². The van der Waals surface area contributed by atoms with E-state index in [9.17, 15) is 0 Å². The van der Waals surface area contributed by atoms with E-state index in [0.29, 0.717) is 0 Å². The molecule has 1 fully saturated rings. The van der Waals surface area contributed by atoms with Gasteiger partial charge in [-0.2, -0.15) is 0 Å². The number of alkyl halides is 1. The van der Waals surface area contributed by atoms with Crippen molar-refractivity contribution in [1.82, 2.24) is 0 Å². The lowest BCUT2D eigenvalue weighted by Crippen LogP contribution is -2.14. The van der Waals surface area contributed by atoms with Gasteiger partial charge in [-0.25, -0.2) is 0 Å². The van der Waals surface area contributed by atoms with Crippen molar-refractivity contribution in [2.24, 2.45) is 5.92 Å². The lowest BCUT2D eigenvalue weighted by molar-refractivity contribution is 0.343. The van der Waals surface area contributed by atoms with Crippen molar-refractivity contribution < 1.29 is 0 Å². The normalized spacial score (nSPS) is 29.7. The van der Waals surface area contributed by atoms with Gasteiger partial charge in [-0.3, -0.25) is 0 Å². The summed E-state index contributed by atoms with van der Waals surface area (Å²) in [4.78, 5) is 0.780. The first-order chi connectivity index (χ1) is 5.83. The van der Waals surface area contributed by atoms with Crippen LogP contribution in [0.25, 0.3) is 0 Å². The van der Waals surface area contributed by atoms with Crippen LogP contribution in [0.1, 0.15) is 44.9 Å². The summed E-state index contributed by atoms with van der Waals surface area (Å²) in [6.45, 7) is 0. The molecule has 0 nitrogen and oxygen atoms in total. The number of unbranched alkanes of at least 4 members (excludes halogenated alkanes) is 1. The fraction of sp³-hybridized carbons (Fsp3) is 0.818.